The summed E-state index contributed by atoms with van der Waals surface area (Å²) in [6.07, 6.45) is 4.04. The summed E-state index contributed by atoms with van der Waals surface area (Å²) >= 11 is 0. The summed E-state index contributed by atoms with van der Waals surface area (Å²) in [5, 5.41) is 0. The lowest BCUT2D eigenvalue weighted by Crippen LogP contribution is -2.64. The van der Waals surface area contributed by atoms with Gasteiger partial charge >= 0.3 is 0 Å². The van der Waals surface area contributed by atoms with Crippen molar-refractivity contribution < 1.29 is 18.4 Å². The maximum atomic E-state index is 13.3. The average Bonchev–Trinajstić information content (AvgIpc) is 3.41. The topological polar surface area (TPSA) is 56.8 Å². The lowest BCUT2D eigenvalue weighted by Gasteiger charge is -2.53. The summed E-state index contributed by atoms with van der Waals surface area (Å²) in [7, 11) is 0. The monoisotopic (exact) mass is 520 g/mol. The molecule has 1 unspecified atom stereocenters. The van der Waals surface area contributed by atoms with Crippen LogP contribution < -0.4 is 0 Å². The summed E-state index contributed by atoms with van der Waals surface area (Å²) in [6.45, 7) is 8.33. The van der Waals surface area contributed by atoms with Crippen LogP contribution >= 0.6 is 0 Å². The van der Waals surface area contributed by atoms with Crippen LogP contribution in [-0.2, 0) is 10.2 Å². The molecule has 3 fully saturated rings. The molecule has 1 saturated carbocycles. The van der Waals surface area contributed by atoms with Gasteiger partial charge in [-0.1, -0.05) is 30.3 Å². The number of hydrogen-bond donors (Lipinski definition) is 0. The van der Waals surface area contributed by atoms with Gasteiger partial charge in [0.25, 0.3) is 5.91 Å². The molecule has 2 saturated heterocycles. The number of fused-ring (bicyclic) bond motifs is 1. The van der Waals surface area contributed by atoms with E-state index < -0.39 is 11.8 Å². The highest BCUT2D eigenvalue weighted by Gasteiger charge is 2.54. The third kappa shape index (κ3) is 4.42. The van der Waals surface area contributed by atoms with E-state index in [9.17, 15) is 18.4 Å². The molecule has 2 amide bonds. The predicted molar refractivity (Wildman–Crippen MR) is 140 cm³/mol. The molecule has 200 valence electrons. The van der Waals surface area contributed by atoms with Crippen LogP contribution in [0, 0.1) is 25.7 Å². The van der Waals surface area contributed by atoms with Crippen molar-refractivity contribution in [3.8, 4) is 0 Å². The Morgan fingerprint density at radius 2 is 1.79 bits per heavy atom. The Labute approximate surface area is 222 Å². The number of benzene rings is 1. The van der Waals surface area contributed by atoms with Crippen molar-refractivity contribution in [2.45, 2.75) is 44.4 Å². The molecule has 6 nitrogen and oxygen atoms in total. The predicted octanol–water partition coefficient (Wildman–Crippen LogP) is 4.19. The smallest absolute Gasteiger partial charge is 0.259 e. The molecule has 0 spiro atoms. The molecule has 1 aromatic carbocycles. The second-order valence-corrected chi connectivity index (χ2v) is 11.7. The van der Waals surface area contributed by atoms with Gasteiger partial charge in [0.2, 0.25) is 11.8 Å². The first-order chi connectivity index (χ1) is 18.1. The minimum absolute atomic E-state index is 0.0213. The van der Waals surface area contributed by atoms with Gasteiger partial charge in [-0.25, -0.2) is 8.78 Å². The molecule has 1 atom stereocenters. The van der Waals surface area contributed by atoms with E-state index in [1.165, 1.54) is 11.1 Å². The van der Waals surface area contributed by atoms with E-state index in [0.29, 0.717) is 31.1 Å². The second kappa shape index (κ2) is 9.26. The van der Waals surface area contributed by atoms with E-state index >= 15 is 0 Å². The normalized spacial score (nSPS) is 24.0. The molecule has 6 rings (SSSR count). The Bertz CT molecular complexity index is 1260. The third-order valence-corrected chi connectivity index (χ3v) is 9.00. The van der Waals surface area contributed by atoms with E-state index in [1.807, 2.05) is 49.2 Å². The number of alkyl halides is 2. The Morgan fingerprint density at radius 1 is 1.05 bits per heavy atom. The molecule has 0 bridgehead atoms. The zero-order chi connectivity index (χ0) is 26.7. The van der Waals surface area contributed by atoms with E-state index in [0.717, 1.165) is 37.3 Å². The first-order valence-corrected chi connectivity index (χ1v) is 13.5. The minimum atomic E-state index is -2.68. The van der Waals surface area contributed by atoms with Crippen LogP contribution in [-0.4, -0.2) is 76.7 Å². The number of rotatable bonds is 6. The fraction of sp³-hybridized carbons (Fsp3) is 0.500. The van der Waals surface area contributed by atoms with Crippen molar-refractivity contribution in [3.05, 3.63) is 76.8 Å². The molecular formula is C30H34F2N4O2. The van der Waals surface area contributed by atoms with Crippen molar-refractivity contribution in [1.29, 1.82) is 0 Å². The van der Waals surface area contributed by atoms with Crippen molar-refractivity contribution in [2.24, 2.45) is 11.8 Å². The highest BCUT2D eigenvalue weighted by atomic mass is 19.3. The first-order valence-electron chi connectivity index (χ1n) is 13.5. The summed E-state index contributed by atoms with van der Waals surface area (Å²) in [5.74, 6) is -2.97. The van der Waals surface area contributed by atoms with Gasteiger partial charge in [-0.3, -0.25) is 19.5 Å². The van der Waals surface area contributed by atoms with Crippen molar-refractivity contribution in [2.75, 3.05) is 39.3 Å². The Morgan fingerprint density at radius 3 is 2.45 bits per heavy atom. The lowest BCUT2D eigenvalue weighted by molar-refractivity contribution is -0.167. The van der Waals surface area contributed by atoms with Crippen LogP contribution in [0.5, 0.6) is 0 Å². The van der Waals surface area contributed by atoms with Crippen molar-refractivity contribution in [3.63, 3.8) is 0 Å². The Hall–Kier alpha value is -3.13. The van der Waals surface area contributed by atoms with Crippen LogP contribution in [0.1, 0.15) is 46.4 Å². The zero-order valence-corrected chi connectivity index (χ0v) is 22.0. The van der Waals surface area contributed by atoms with E-state index in [-0.39, 0.29) is 30.1 Å². The van der Waals surface area contributed by atoms with Gasteiger partial charge in [0.1, 0.15) is 0 Å². The number of pyridine rings is 1. The van der Waals surface area contributed by atoms with Gasteiger partial charge in [0, 0.05) is 75.2 Å². The number of nitrogens with zero attached hydrogens (tertiary/aromatic N) is 4. The molecule has 0 radical (unpaired) electrons. The number of carbonyl (C=O) groups is 2. The number of aryl methyl sites for hydroxylation is 2. The summed E-state index contributed by atoms with van der Waals surface area (Å²) in [5.41, 5.74) is 4.76. The average molecular weight is 521 g/mol. The molecule has 38 heavy (non-hydrogen) atoms. The van der Waals surface area contributed by atoms with Crippen molar-refractivity contribution in [1.82, 2.24) is 19.7 Å². The van der Waals surface area contributed by atoms with Crippen LogP contribution in [0.4, 0.5) is 8.78 Å². The maximum Gasteiger partial charge on any atom is 0.259 e. The molecule has 8 heteroatoms. The fourth-order valence-corrected chi connectivity index (χ4v) is 6.75. The highest BCUT2D eigenvalue weighted by molar-refractivity contribution is 5.97. The number of hydrogen-bond acceptors (Lipinski definition) is 4. The van der Waals surface area contributed by atoms with Crippen molar-refractivity contribution >= 4 is 11.8 Å². The van der Waals surface area contributed by atoms with Gasteiger partial charge in [0.05, 0.1) is 11.3 Å². The number of likely N-dealkylation sites (tertiary alicyclic amines) is 2. The van der Waals surface area contributed by atoms with Gasteiger partial charge in [-0.15, -0.1) is 0 Å². The lowest BCUT2D eigenvalue weighted by atomic mass is 9.69. The minimum Gasteiger partial charge on any atom is -0.341 e. The molecule has 4 heterocycles. The van der Waals surface area contributed by atoms with Gasteiger partial charge in [-0.2, -0.15) is 0 Å². The number of aromatic nitrogens is 1. The van der Waals surface area contributed by atoms with E-state index in [4.69, 9.17) is 0 Å². The van der Waals surface area contributed by atoms with Gasteiger partial charge in [0.15, 0.2) is 0 Å². The number of carbonyl (C=O) groups excluding carboxylic acids is 2. The van der Waals surface area contributed by atoms with Crippen LogP contribution in [0.15, 0.2) is 54.4 Å². The van der Waals surface area contributed by atoms with Crippen LogP contribution in [0.25, 0.3) is 0 Å². The molecule has 1 aromatic heterocycles. The quantitative estimate of drug-likeness (QED) is 0.574. The number of halogens is 2. The molecule has 4 aliphatic rings. The van der Waals surface area contributed by atoms with Crippen LogP contribution in [0.3, 0.4) is 0 Å². The van der Waals surface area contributed by atoms with E-state index in [2.05, 4.69) is 22.0 Å². The second-order valence-electron chi connectivity index (χ2n) is 11.7. The Balaban J connectivity index is 1.09. The molecule has 0 N–H and O–H groups in total. The standard InChI is InChI=1S/C30H34F2N4O2/c1-20-8-10-33-21(2)26(20)28(38)35-16-23-14-34(15-24(23)17-35)11-9-29(25-6-4-3-5-7-25)18-36(19-29)27(37)22-12-30(31,32)13-22/h3-8,10,16,22,24H,9,11-15,17-19H2,1-2H3. The third-order valence-electron chi connectivity index (χ3n) is 9.00. The maximum absolute atomic E-state index is 13.3. The number of amides is 2. The SMILES string of the molecule is Cc1ccnc(C)c1C(=O)N1C=C2CN(CCC3(c4ccccc4)CN(C(=O)C4CC(F)(F)C4)C3)CC2C1. The first kappa shape index (κ1) is 25.2. The van der Waals surface area contributed by atoms with Gasteiger partial charge < -0.3 is 9.80 Å². The Kier molecular flexibility index (Phi) is 6.13. The largest absolute Gasteiger partial charge is 0.341 e. The highest BCUT2D eigenvalue weighted by Crippen LogP contribution is 2.46. The summed E-state index contributed by atoms with van der Waals surface area (Å²) in [4.78, 5) is 36.4. The molecular weight excluding hydrogens is 486 g/mol. The summed E-state index contributed by atoms with van der Waals surface area (Å²) < 4.78 is 26.7. The molecule has 1 aliphatic carbocycles. The van der Waals surface area contributed by atoms with Gasteiger partial charge in [-0.05, 0) is 49.6 Å². The molecule has 2 aromatic rings. The molecule has 3 aliphatic heterocycles. The van der Waals surface area contributed by atoms with Crippen LogP contribution in [0.2, 0.25) is 0 Å². The zero-order valence-electron chi connectivity index (χ0n) is 22.0. The summed E-state index contributed by atoms with van der Waals surface area (Å²) in [6, 6.07) is 12.2. The fourth-order valence-electron chi connectivity index (χ4n) is 6.75. The van der Waals surface area contributed by atoms with E-state index in [1.54, 1.807) is 11.1 Å².